The number of amides is 3. The zero-order chi connectivity index (χ0) is 25.4. The molecule has 35 heavy (non-hydrogen) atoms. The van der Waals surface area contributed by atoms with Crippen molar-refractivity contribution in [2.24, 2.45) is 11.8 Å². The molecule has 3 saturated heterocycles. The minimum atomic E-state index is -1.06. The Morgan fingerprint density at radius 2 is 2.00 bits per heavy atom. The van der Waals surface area contributed by atoms with Crippen LogP contribution in [0.4, 0.5) is 5.69 Å². The molecule has 2 bridgehead atoms. The zero-order valence-electron chi connectivity index (χ0n) is 20.7. The summed E-state index contributed by atoms with van der Waals surface area (Å²) in [7, 11) is 0. The summed E-state index contributed by atoms with van der Waals surface area (Å²) in [6.07, 6.45) is 3.93. The first kappa shape index (κ1) is 25.9. The van der Waals surface area contributed by atoms with E-state index in [0.29, 0.717) is 49.5 Å². The first-order valence-corrected chi connectivity index (χ1v) is 13.0. The van der Waals surface area contributed by atoms with E-state index in [0.717, 1.165) is 18.4 Å². The van der Waals surface area contributed by atoms with Crippen LogP contribution in [0.25, 0.3) is 0 Å². The second-order valence-electron chi connectivity index (χ2n) is 10.3. The number of halogens is 1. The topological polar surface area (TPSA) is 108 Å². The van der Waals surface area contributed by atoms with Crippen molar-refractivity contribution >= 4 is 35.0 Å². The summed E-state index contributed by atoms with van der Waals surface area (Å²) >= 11 is 6.38. The highest BCUT2D eigenvalue weighted by atomic mass is 35.5. The number of hydrogen-bond acceptors (Lipinski definition) is 5. The molecule has 3 heterocycles. The standard InChI is InChI=1S/C26H36ClN3O5/c1-4-13-28-22(32)18-19-24(34)30(14-6-5-7-15-31)21(26(19)12-11-25(18,3)35-26)23(33)29-20-16(2)9-8-10-17(20)27/h8-10,18-19,21,31H,4-7,11-15H2,1-3H3,(H,28,32)(H,29,33)/t18-,19-,21?,25+,26?/m0/s1. The molecule has 8 nitrogen and oxygen atoms in total. The van der Waals surface area contributed by atoms with Gasteiger partial charge in [-0.05, 0) is 64.0 Å². The predicted octanol–water partition coefficient (Wildman–Crippen LogP) is 3.04. The molecule has 3 fully saturated rings. The van der Waals surface area contributed by atoms with E-state index in [1.54, 1.807) is 11.0 Å². The minimum Gasteiger partial charge on any atom is -0.396 e. The van der Waals surface area contributed by atoms with Gasteiger partial charge in [0.05, 0.1) is 28.1 Å². The number of aliphatic hydroxyl groups excluding tert-OH is 1. The van der Waals surface area contributed by atoms with E-state index in [2.05, 4.69) is 10.6 Å². The van der Waals surface area contributed by atoms with Gasteiger partial charge in [0.1, 0.15) is 11.6 Å². The van der Waals surface area contributed by atoms with Crippen molar-refractivity contribution in [3.05, 3.63) is 28.8 Å². The summed E-state index contributed by atoms with van der Waals surface area (Å²) in [5.41, 5.74) is -0.516. The number of carbonyl (C=O) groups excluding carboxylic acids is 3. The number of hydrogen-bond donors (Lipinski definition) is 3. The maximum absolute atomic E-state index is 13.9. The van der Waals surface area contributed by atoms with Gasteiger partial charge in [-0.15, -0.1) is 0 Å². The summed E-state index contributed by atoms with van der Waals surface area (Å²) in [5.74, 6) is -2.09. The van der Waals surface area contributed by atoms with E-state index in [-0.39, 0.29) is 24.3 Å². The lowest BCUT2D eigenvalue weighted by Gasteiger charge is -2.33. The Hall–Kier alpha value is -2.16. The van der Waals surface area contributed by atoms with E-state index in [9.17, 15) is 14.4 Å². The summed E-state index contributed by atoms with van der Waals surface area (Å²) in [5, 5.41) is 15.5. The van der Waals surface area contributed by atoms with Crippen molar-refractivity contribution in [2.75, 3.05) is 25.0 Å². The molecule has 1 aromatic carbocycles. The molecule has 2 unspecified atom stereocenters. The number of anilines is 1. The number of ether oxygens (including phenoxy) is 1. The third-order valence-corrected chi connectivity index (χ3v) is 8.20. The molecule has 3 aliphatic heterocycles. The number of aryl methyl sites for hydroxylation is 1. The maximum atomic E-state index is 13.9. The molecule has 0 radical (unpaired) electrons. The monoisotopic (exact) mass is 505 g/mol. The molecule has 5 atom stereocenters. The Labute approximate surface area is 211 Å². The number of rotatable bonds is 10. The minimum absolute atomic E-state index is 0.0807. The van der Waals surface area contributed by atoms with E-state index >= 15 is 0 Å². The molecule has 3 aliphatic rings. The molecule has 192 valence electrons. The van der Waals surface area contributed by atoms with Gasteiger partial charge >= 0.3 is 0 Å². The molecule has 1 aromatic rings. The number of carbonyl (C=O) groups is 3. The van der Waals surface area contributed by atoms with Gasteiger partial charge in [-0.2, -0.15) is 0 Å². The molecule has 4 rings (SSSR count). The number of aliphatic hydroxyl groups is 1. The Morgan fingerprint density at radius 3 is 2.69 bits per heavy atom. The lowest BCUT2D eigenvalue weighted by molar-refractivity contribution is -0.144. The van der Waals surface area contributed by atoms with E-state index in [1.807, 2.05) is 32.9 Å². The van der Waals surface area contributed by atoms with Crippen molar-refractivity contribution < 1.29 is 24.2 Å². The van der Waals surface area contributed by atoms with Crippen LogP contribution in [0.1, 0.15) is 57.9 Å². The fourth-order valence-corrected chi connectivity index (χ4v) is 6.55. The van der Waals surface area contributed by atoms with Crippen LogP contribution >= 0.6 is 11.6 Å². The van der Waals surface area contributed by atoms with Crippen LogP contribution in [0, 0.1) is 18.8 Å². The number of fused-ring (bicyclic) bond motifs is 1. The molecule has 0 saturated carbocycles. The van der Waals surface area contributed by atoms with Crippen molar-refractivity contribution in [3.8, 4) is 0 Å². The van der Waals surface area contributed by atoms with Crippen LogP contribution in [0.5, 0.6) is 0 Å². The quantitative estimate of drug-likeness (QED) is 0.424. The Kier molecular flexibility index (Phi) is 7.46. The summed E-state index contributed by atoms with van der Waals surface area (Å²) < 4.78 is 6.59. The average molecular weight is 506 g/mol. The lowest BCUT2D eigenvalue weighted by Crippen LogP contribution is -2.53. The van der Waals surface area contributed by atoms with Crippen LogP contribution in [0.3, 0.4) is 0 Å². The lowest BCUT2D eigenvalue weighted by atomic mass is 9.66. The van der Waals surface area contributed by atoms with E-state index < -0.39 is 29.1 Å². The van der Waals surface area contributed by atoms with Crippen molar-refractivity contribution in [1.29, 1.82) is 0 Å². The normalized spacial score (nSPS) is 31.1. The van der Waals surface area contributed by atoms with Crippen LogP contribution < -0.4 is 10.6 Å². The Bertz CT molecular complexity index is 983. The highest BCUT2D eigenvalue weighted by Gasteiger charge is 2.77. The van der Waals surface area contributed by atoms with Crippen molar-refractivity contribution in [2.45, 2.75) is 76.5 Å². The van der Waals surface area contributed by atoms with Crippen LogP contribution in [0.15, 0.2) is 18.2 Å². The fourth-order valence-electron chi connectivity index (χ4n) is 6.28. The van der Waals surface area contributed by atoms with Gasteiger partial charge < -0.3 is 25.4 Å². The molecule has 1 spiro atoms. The Morgan fingerprint density at radius 1 is 1.23 bits per heavy atom. The van der Waals surface area contributed by atoms with Gasteiger partial charge in [0.25, 0.3) is 0 Å². The zero-order valence-corrected chi connectivity index (χ0v) is 21.5. The Balaban J connectivity index is 1.69. The molecule has 0 aromatic heterocycles. The predicted molar refractivity (Wildman–Crippen MR) is 133 cm³/mol. The molecular weight excluding hydrogens is 470 g/mol. The number of benzene rings is 1. The highest BCUT2D eigenvalue weighted by molar-refractivity contribution is 6.34. The number of para-hydroxylation sites is 1. The largest absolute Gasteiger partial charge is 0.396 e. The number of nitrogens with one attached hydrogen (secondary N) is 2. The SMILES string of the molecule is CCCNC(=O)[C@@H]1[C@H]2C(=O)N(CCCCCO)C(C(=O)Nc3c(C)cccc3Cl)C23CC[C@@]1(C)O3. The van der Waals surface area contributed by atoms with Crippen LogP contribution in [0.2, 0.25) is 5.02 Å². The smallest absolute Gasteiger partial charge is 0.250 e. The second-order valence-corrected chi connectivity index (χ2v) is 10.7. The fraction of sp³-hybridized carbons (Fsp3) is 0.654. The van der Waals surface area contributed by atoms with Gasteiger partial charge in [-0.25, -0.2) is 0 Å². The second kappa shape index (κ2) is 10.1. The number of nitrogens with zero attached hydrogens (tertiary/aromatic N) is 1. The average Bonchev–Trinajstić information content (AvgIpc) is 3.38. The van der Waals surface area contributed by atoms with Gasteiger partial charge in [-0.3, -0.25) is 14.4 Å². The van der Waals surface area contributed by atoms with Gasteiger partial charge in [-0.1, -0.05) is 30.7 Å². The van der Waals surface area contributed by atoms with E-state index in [1.165, 1.54) is 0 Å². The molecule has 3 N–H and O–H groups in total. The third-order valence-electron chi connectivity index (χ3n) is 7.88. The first-order chi connectivity index (χ1) is 16.7. The summed E-state index contributed by atoms with van der Waals surface area (Å²) in [4.78, 5) is 42.6. The number of likely N-dealkylation sites (tertiary alicyclic amines) is 1. The third kappa shape index (κ3) is 4.34. The molecule has 9 heteroatoms. The molecular formula is C26H36ClN3O5. The highest BCUT2D eigenvalue weighted by Crippen LogP contribution is 2.63. The van der Waals surface area contributed by atoms with Gasteiger partial charge in [0, 0.05) is 19.7 Å². The van der Waals surface area contributed by atoms with E-state index in [4.69, 9.17) is 21.4 Å². The molecule has 3 amide bonds. The van der Waals surface area contributed by atoms with Crippen molar-refractivity contribution in [1.82, 2.24) is 10.2 Å². The molecule has 0 aliphatic carbocycles. The summed E-state index contributed by atoms with van der Waals surface area (Å²) in [6, 6.07) is 4.53. The summed E-state index contributed by atoms with van der Waals surface area (Å²) in [6.45, 7) is 6.70. The van der Waals surface area contributed by atoms with Crippen molar-refractivity contribution in [3.63, 3.8) is 0 Å². The maximum Gasteiger partial charge on any atom is 0.250 e. The van der Waals surface area contributed by atoms with Gasteiger partial charge in [0.2, 0.25) is 17.7 Å². The van der Waals surface area contributed by atoms with Crippen LogP contribution in [-0.2, 0) is 19.1 Å². The van der Waals surface area contributed by atoms with Crippen LogP contribution in [-0.4, -0.2) is 64.7 Å². The number of unbranched alkanes of at least 4 members (excludes halogenated alkanes) is 2. The van der Waals surface area contributed by atoms with Gasteiger partial charge in [0.15, 0.2) is 0 Å². The first-order valence-electron chi connectivity index (χ1n) is 12.7.